The number of amides is 3. The summed E-state index contributed by atoms with van der Waals surface area (Å²) >= 11 is 3.43. The van der Waals surface area contributed by atoms with Crippen molar-refractivity contribution in [2.45, 2.75) is 32.7 Å². The second-order valence-corrected chi connectivity index (χ2v) is 8.74. The summed E-state index contributed by atoms with van der Waals surface area (Å²) in [5.41, 5.74) is 6.76. The highest BCUT2D eigenvalue weighted by atomic mass is 79.9. The number of hydrogen-bond acceptors (Lipinski definition) is 4. The standard InChI is InChI=1S/C23H26BrN3O4/c1-15(2)19-11-18(24)8-9-20(19)31-14-21(28)25-26-23(30)17-10-22(29)27(13-17)12-16-6-4-3-5-7-16/h3-9,11,15,17H,10,12-14H2,1-2H3,(H,25,28)(H,26,30). The first-order valence-corrected chi connectivity index (χ1v) is 11.0. The van der Waals surface area contributed by atoms with Gasteiger partial charge in [-0.05, 0) is 35.2 Å². The molecule has 0 spiro atoms. The average Bonchev–Trinajstić information content (AvgIpc) is 3.12. The fourth-order valence-electron chi connectivity index (χ4n) is 3.42. The molecule has 0 bridgehead atoms. The number of ether oxygens (including phenoxy) is 1. The molecular formula is C23H26BrN3O4. The van der Waals surface area contributed by atoms with Crippen LogP contribution in [0.5, 0.6) is 5.75 Å². The lowest BCUT2D eigenvalue weighted by Gasteiger charge is -2.17. The van der Waals surface area contributed by atoms with Crippen LogP contribution in [0.1, 0.15) is 37.3 Å². The Hall–Kier alpha value is -2.87. The first kappa shape index (κ1) is 22.8. The molecule has 1 aliphatic rings. The molecule has 0 radical (unpaired) electrons. The van der Waals surface area contributed by atoms with Gasteiger partial charge in [0.1, 0.15) is 5.75 Å². The highest BCUT2D eigenvalue weighted by molar-refractivity contribution is 9.10. The first-order valence-electron chi connectivity index (χ1n) is 10.2. The fourth-order valence-corrected chi connectivity index (χ4v) is 3.80. The van der Waals surface area contributed by atoms with Crippen LogP contribution in [0, 0.1) is 5.92 Å². The molecule has 1 heterocycles. The third-order valence-electron chi connectivity index (χ3n) is 5.08. The van der Waals surface area contributed by atoms with E-state index in [0.717, 1.165) is 15.6 Å². The van der Waals surface area contributed by atoms with E-state index in [1.165, 1.54) is 0 Å². The summed E-state index contributed by atoms with van der Waals surface area (Å²) in [6, 6.07) is 15.2. The molecule has 164 valence electrons. The number of rotatable bonds is 7. The second-order valence-electron chi connectivity index (χ2n) is 7.82. The maximum atomic E-state index is 12.4. The number of nitrogens with zero attached hydrogens (tertiary/aromatic N) is 1. The van der Waals surface area contributed by atoms with Crippen molar-refractivity contribution in [2.75, 3.05) is 13.2 Å². The van der Waals surface area contributed by atoms with Gasteiger partial charge in [-0.2, -0.15) is 0 Å². The van der Waals surface area contributed by atoms with E-state index >= 15 is 0 Å². The van der Waals surface area contributed by atoms with Gasteiger partial charge in [0.15, 0.2) is 6.61 Å². The number of hydrogen-bond donors (Lipinski definition) is 2. The van der Waals surface area contributed by atoms with Crippen molar-refractivity contribution in [1.29, 1.82) is 0 Å². The Morgan fingerprint density at radius 3 is 2.61 bits per heavy atom. The summed E-state index contributed by atoms with van der Waals surface area (Å²) in [5.74, 6) is -0.585. The molecule has 0 aliphatic carbocycles. The minimum atomic E-state index is -0.503. The van der Waals surface area contributed by atoms with Crippen molar-refractivity contribution in [3.8, 4) is 5.75 Å². The molecular weight excluding hydrogens is 462 g/mol. The molecule has 1 atom stereocenters. The Bertz CT molecular complexity index is 949. The number of hydrazine groups is 1. The molecule has 1 fully saturated rings. The van der Waals surface area contributed by atoms with E-state index in [0.29, 0.717) is 18.8 Å². The van der Waals surface area contributed by atoms with Gasteiger partial charge in [-0.1, -0.05) is 60.1 Å². The maximum Gasteiger partial charge on any atom is 0.276 e. The molecule has 8 heteroatoms. The van der Waals surface area contributed by atoms with E-state index in [2.05, 4.69) is 26.8 Å². The Morgan fingerprint density at radius 2 is 1.90 bits per heavy atom. The lowest BCUT2D eigenvalue weighted by Crippen LogP contribution is -2.46. The van der Waals surface area contributed by atoms with Gasteiger partial charge in [0.25, 0.3) is 5.91 Å². The molecule has 2 aromatic rings. The van der Waals surface area contributed by atoms with Crippen LogP contribution in [-0.4, -0.2) is 35.8 Å². The van der Waals surface area contributed by atoms with Crippen molar-refractivity contribution < 1.29 is 19.1 Å². The highest BCUT2D eigenvalue weighted by Crippen LogP contribution is 2.29. The Labute approximate surface area is 190 Å². The zero-order valence-electron chi connectivity index (χ0n) is 17.6. The molecule has 0 saturated carbocycles. The van der Waals surface area contributed by atoms with Gasteiger partial charge in [0, 0.05) is 24.0 Å². The number of carbonyl (C=O) groups is 3. The van der Waals surface area contributed by atoms with Gasteiger partial charge in [-0.3, -0.25) is 25.2 Å². The van der Waals surface area contributed by atoms with Gasteiger partial charge in [-0.25, -0.2) is 0 Å². The van der Waals surface area contributed by atoms with Gasteiger partial charge < -0.3 is 9.64 Å². The van der Waals surface area contributed by atoms with E-state index in [4.69, 9.17) is 4.74 Å². The molecule has 1 unspecified atom stereocenters. The second kappa shape index (κ2) is 10.4. The predicted molar refractivity (Wildman–Crippen MR) is 120 cm³/mol. The summed E-state index contributed by atoms with van der Waals surface area (Å²) in [5, 5.41) is 0. The summed E-state index contributed by atoms with van der Waals surface area (Å²) in [4.78, 5) is 38.4. The SMILES string of the molecule is CC(C)c1cc(Br)ccc1OCC(=O)NNC(=O)C1CC(=O)N(Cc2ccccc2)C1. The van der Waals surface area contributed by atoms with Crippen LogP contribution < -0.4 is 15.6 Å². The third kappa shape index (κ3) is 6.30. The van der Waals surface area contributed by atoms with E-state index in [1.807, 2.05) is 56.3 Å². The topological polar surface area (TPSA) is 87.7 Å². The molecule has 31 heavy (non-hydrogen) atoms. The molecule has 3 rings (SSSR count). The van der Waals surface area contributed by atoms with Gasteiger partial charge >= 0.3 is 0 Å². The first-order chi connectivity index (χ1) is 14.8. The largest absolute Gasteiger partial charge is 0.483 e. The minimum absolute atomic E-state index is 0.0740. The zero-order chi connectivity index (χ0) is 22.4. The molecule has 1 aliphatic heterocycles. The van der Waals surface area contributed by atoms with Crippen LogP contribution in [0.3, 0.4) is 0 Å². The normalized spacial score (nSPS) is 15.8. The summed E-state index contributed by atoms with van der Waals surface area (Å²) < 4.78 is 6.56. The number of benzene rings is 2. The van der Waals surface area contributed by atoms with Crippen LogP contribution >= 0.6 is 15.9 Å². The summed E-state index contributed by atoms with van der Waals surface area (Å²) in [7, 11) is 0. The molecule has 0 aromatic heterocycles. The summed E-state index contributed by atoms with van der Waals surface area (Å²) in [6.45, 7) is 4.64. The van der Waals surface area contributed by atoms with Crippen LogP contribution in [0.4, 0.5) is 0 Å². The minimum Gasteiger partial charge on any atom is -0.483 e. The highest BCUT2D eigenvalue weighted by Gasteiger charge is 2.34. The number of halogens is 1. The zero-order valence-corrected chi connectivity index (χ0v) is 19.1. The smallest absolute Gasteiger partial charge is 0.276 e. The van der Waals surface area contributed by atoms with Crippen molar-refractivity contribution in [2.24, 2.45) is 5.92 Å². The van der Waals surface area contributed by atoms with Crippen LogP contribution in [0.2, 0.25) is 0 Å². The molecule has 2 N–H and O–H groups in total. The Balaban J connectivity index is 1.45. The van der Waals surface area contributed by atoms with E-state index in [9.17, 15) is 14.4 Å². The van der Waals surface area contributed by atoms with Crippen molar-refractivity contribution >= 4 is 33.7 Å². The Morgan fingerprint density at radius 1 is 1.16 bits per heavy atom. The number of nitrogens with one attached hydrogen (secondary N) is 2. The van der Waals surface area contributed by atoms with Crippen molar-refractivity contribution in [3.05, 3.63) is 64.1 Å². The molecule has 3 amide bonds. The fraction of sp³-hybridized carbons (Fsp3) is 0.348. The molecule has 7 nitrogen and oxygen atoms in total. The number of carbonyl (C=O) groups excluding carboxylic acids is 3. The van der Waals surface area contributed by atoms with Crippen LogP contribution in [-0.2, 0) is 20.9 Å². The van der Waals surface area contributed by atoms with Gasteiger partial charge in [0.05, 0.1) is 5.92 Å². The average molecular weight is 488 g/mol. The lowest BCUT2D eigenvalue weighted by atomic mass is 10.0. The van der Waals surface area contributed by atoms with Gasteiger partial charge in [0.2, 0.25) is 11.8 Å². The van der Waals surface area contributed by atoms with Crippen LogP contribution in [0.15, 0.2) is 53.0 Å². The van der Waals surface area contributed by atoms with Crippen molar-refractivity contribution in [3.63, 3.8) is 0 Å². The Kier molecular flexibility index (Phi) is 7.68. The molecule has 2 aromatic carbocycles. The van der Waals surface area contributed by atoms with Crippen molar-refractivity contribution in [1.82, 2.24) is 15.8 Å². The lowest BCUT2D eigenvalue weighted by molar-refractivity contribution is -0.132. The van der Waals surface area contributed by atoms with Gasteiger partial charge in [-0.15, -0.1) is 0 Å². The quantitative estimate of drug-likeness (QED) is 0.587. The van der Waals surface area contributed by atoms with E-state index in [1.54, 1.807) is 11.0 Å². The number of likely N-dealkylation sites (tertiary alicyclic amines) is 1. The van der Waals surface area contributed by atoms with E-state index < -0.39 is 11.8 Å². The summed E-state index contributed by atoms with van der Waals surface area (Å²) in [6.07, 6.45) is 0.127. The monoisotopic (exact) mass is 487 g/mol. The molecule has 1 saturated heterocycles. The van der Waals surface area contributed by atoms with Crippen LogP contribution in [0.25, 0.3) is 0 Å². The predicted octanol–water partition coefficient (Wildman–Crippen LogP) is 3.15. The van der Waals surface area contributed by atoms with E-state index in [-0.39, 0.29) is 30.8 Å². The maximum absolute atomic E-state index is 12.4. The third-order valence-corrected chi connectivity index (χ3v) is 5.57.